The van der Waals surface area contributed by atoms with E-state index in [9.17, 15) is 19.2 Å². The minimum absolute atomic E-state index is 0.0218. The van der Waals surface area contributed by atoms with Gasteiger partial charge in [0.15, 0.2) is 0 Å². The van der Waals surface area contributed by atoms with Crippen molar-refractivity contribution in [3.05, 3.63) is 76.2 Å². The molecule has 2 N–H and O–H groups in total. The second-order valence-electron chi connectivity index (χ2n) is 9.03. The fourth-order valence-corrected chi connectivity index (χ4v) is 4.91. The Morgan fingerprint density at radius 2 is 1.86 bits per heavy atom. The van der Waals surface area contributed by atoms with Crippen LogP contribution in [0.5, 0.6) is 0 Å². The number of fused-ring (bicyclic) bond motifs is 3. The lowest BCUT2D eigenvalue weighted by molar-refractivity contribution is -0.117. The summed E-state index contributed by atoms with van der Waals surface area (Å²) in [7, 11) is 0. The van der Waals surface area contributed by atoms with Gasteiger partial charge in [-0.1, -0.05) is 12.1 Å². The number of para-hydroxylation sites is 1. The van der Waals surface area contributed by atoms with Crippen molar-refractivity contribution in [3.8, 4) is 11.4 Å². The SMILES string of the molecule is Cc1cc(=O)[nH]c(-c2ccc(NC(=O)CCN3C(=O)c4ccccc4N4C(=O)CC[C@@]34C)cc2)n1. The van der Waals surface area contributed by atoms with Crippen LogP contribution in [-0.2, 0) is 9.59 Å². The van der Waals surface area contributed by atoms with Gasteiger partial charge < -0.3 is 15.2 Å². The number of nitrogens with zero attached hydrogens (tertiary/aromatic N) is 3. The zero-order valence-electron chi connectivity index (χ0n) is 19.5. The van der Waals surface area contributed by atoms with Gasteiger partial charge in [0.05, 0.1) is 11.3 Å². The molecule has 0 bridgehead atoms. The van der Waals surface area contributed by atoms with E-state index in [1.54, 1.807) is 59.2 Å². The van der Waals surface area contributed by atoms with Crippen LogP contribution < -0.4 is 15.8 Å². The van der Waals surface area contributed by atoms with E-state index in [4.69, 9.17) is 0 Å². The first-order valence-corrected chi connectivity index (χ1v) is 11.5. The molecule has 1 saturated heterocycles. The molecule has 0 spiro atoms. The van der Waals surface area contributed by atoms with Gasteiger partial charge in [0.2, 0.25) is 11.8 Å². The number of anilines is 2. The Bertz CT molecular complexity index is 1400. The van der Waals surface area contributed by atoms with Crippen molar-refractivity contribution in [2.75, 3.05) is 16.8 Å². The lowest BCUT2D eigenvalue weighted by Crippen LogP contribution is -2.62. The predicted molar refractivity (Wildman–Crippen MR) is 131 cm³/mol. The van der Waals surface area contributed by atoms with Crippen LogP contribution in [0.1, 0.15) is 42.2 Å². The second kappa shape index (κ2) is 8.50. The summed E-state index contributed by atoms with van der Waals surface area (Å²) in [6.45, 7) is 3.82. The van der Waals surface area contributed by atoms with Crippen molar-refractivity contribution in [1.29, 1.82) is 0 Å². The van der Waals surface area contributed by atoms with Crippen molar-refractivity contribution in [2.24, 2.45) is 0 Å². The molecule has 3 aromatic rings. The molecule has 35 heavy (non-hydrogen) atoms. The summed E-state index contributed by atoms with van der Waals surface area (Å²) < 4.78 is 0. The maximum atomic E-state index is 13.3. The minimum atomic E-state index is -0.790. The first-order chi connectivity index (χ1) is 16.8. The number of aromatic nitrogens is 2. The van der Waals surface area contributed by atoms with Gasteiger partial charge in [-0.3, -0.25) is 24.1 Å². The molecule has 1 atom stereocenters. The highest BCUT2D eigenvalue weighted by Crippen LogP contribution is 2.43. The molecular formula is C26H25N5O4. The smallest absolute Gasteiger partial charge is 0.257 e. The number of H-pyrrole nitrogens is 1. The number of rotatable bonds is 5. The number of aromatic amines is 1. The Balaban J connectivity index is 1.28. The number of hydrogen-bond donors (Lipinski definition) is 2. The Morgan fingerprint density at radius 1 is 1.11 bits per heavy atom. The number of nitrogens with one attached hydrogen (secondary N) is 2. The molecule has 0 saturated carbocycles. The molecule has 1 fully saturated rings. The molecule has 1 aromatic heterocycles. The van der Waals surface area contributed by atoms with Gasteiger partial charge in [0.25, 0.3) is 11.5 Å². The Morgan fingerprint density at radius 3 is 2.60 bits per heavy atom. The summed E-state index contributed by atoms with van der Waals surface area (Å²) in [4.78, 5) is 60.7. The maximum Gasteiger partial charge on any atom is 0.257 e. The van der Waals surface area contributed by atoms with Gasteiger partial charge in [0.1, 0.15) is 11.5 Å². The topological polar surface area (TPSA) is 115 Å². The van der Waals surface area contributed by atoms with E-state index in [2.05, 4.69) is 15.3 Å². The van der Waals surface area contributed by atoms with Gasteiger partial charge in [0, 0.05) is 42.4 Å². The molecule has 9 nitrogen and oxygen atoms in total. The molecule has 2 aromatic carbocycles. The number of amides is 3. The van der Waals surface area contributed by atoms with Gasteiger partial charge in [-0.05, 0) is 56.7 Å². The second-order valence-corrected chi connectivity index (χ2v) is 9.03. The van der Waals surface area contributed by atoms with E-state index in [0.717, 1.165) is 5.56 Å². The van der Waals surface area contributed by atoms with Crippen LogP contribution in [0.2, 0.25) is 0 Å². The number of benzene rings is 2. The molecule has 2 aliphatic rings. The van der Waals surface area contributed by atoms with Gasteiger partial charge >= 0.3 is 0 Å². The normalized spacial score (nSPS) is 18.9. The Hall–Kier alpha value is -4.27. The zero-order chi connectivity index (χ0) is 24.7. The molecule has 5 rings (SSSR count). The van der Waals surface area contributed by atoms with Crippen LogP contribution in [0, 0.1) is 6.92 Å². The third-order valence-electron chi connectivity index (χ3n) is 6.62. The van der Waals surface area contributed by atoms with Crippen molar-refractivity contribution in [3.63, 3.8) is 0 Å². The first kappa shape index (κ1) is 22.5. The molecule has 0 radical (unpaired) electrons. The average Bonchev–Trinajstić information content (AvgIpc) is 3.14. The molecule has 3 amide bonds. The zero-order valence-corrected chi connectivity index (χ0v) is 19.5. The molecule has 178 valence electrons. The summed E-state index contributed by atoms with van der Waals surface area (Å²) in [5.41, 5.74) is 2.02. The summed E-state index contributed by atoms with van der Waals surface area (Å²) >= 11 is 0. The minimum Gasteiger partial charge on any atom is -0.326 e. The van der Waals surface area contributed by atoms with E-state index < -0.39 is 5.66 Å². The van der Waals surface area contributed by atoms with Crippen LogP contribution in [-0.4, -0.2) is 44.8 Å². The number of aryl methyl sites for hydroxylation is 1. The summed E-state index contributed by atoms with van der Waals surface area (Å²) in [5.74, 6) is 0.0175. The van der Waals surface area contributed by atoms with E-state index >= 15 is 0 Å². The van der Waals surface area contributed by atoms with Crippen molar-refractivity contribution < 1.29 is 14.4 Å². The van der Waals surface area contributed by atoms with Crippen LogP contribution in [0.4, 0.5) is 11.4 Å². The molecule has 2 aliphatic heterocycles. The fourth-order valence-electron chi connectivity index (χ4n) is 4.91. The Kier molecular flexibility index (Phi) is 5.47. The van der Waals surface area contributed by atoms with Crippen molar-refractivity contribution in [1.82, 2.24) is 14.9 Å². The van der Waals surface area contributed by atoms with Gasteiger partial charge in [-0.25, -0.2) is 4.98 Å². The van der Waals surface area contributed by atoms with Gasteiger partial charge in [-0.15, -0.1) is 0 Å². The highest BCUT2D eigenvalue weighted by molar-refractivity contribution is 6.10. The first-order valence-electron chi connectivity index (χ1n) is 11.5. The van der Waals surface area contributed by atoms with E-state index in [1.165, 1.54) is 6.07 Å². The lowest BCUT2D eigenvalue weighted by atomic mass is 9.98. The van der Waals surface area contributed by atoms with Crippen molar-refractivity contribution in [2.45, 2.75) is 38.8 Å². The predicted octanol–water partition coefficient (Wildman–Crippen LogP) is 3.07. The molecule has 0 unspecified atom stereocenters. The standard InChI is InChI=1S/C26H25N5O4/c1-16-15-22(33)29-24(27-16)17-7-9-18(10-8-17)28-21(32)12-14-30-25(35)19-5-3-4-6-20(19)31-23(34)11-13-26(30,31)2/h3-10,15H,11-14H2,1-2H3,(H,28,32)(H,27,29,33)/t26-/m0/s1. The summed E-state index contributed by atoms with van der Waals surface area (Å²) in [5, 5.41) is 2.85. The van der Waals surface area contributed by atoms with Crippen LogP contribution in [0.3, 0.4) is 0 Å². The van der Waals surface area contributed by atoms with Crippen LogP contribution >= 0.6 is 0 Å². The average molecular weight is 472 g/mol. The van der Waals surface area contributed by atoms with E-state index in [-0.39, 0.29) is 36.2 Å². The molecular weight excluding hydrogens is 446 g/mol. The monoisotopic (exact) mass is 471 g/mol. The molecule has 0 aliphatic carbocycles. The third-order valence-corrected chi connectivity index (χ3v) is 6.62. The van der Waals surface area contributed by atoms with Crippen molar-refractivity contribution >= 4 is 29.1 Å². The van der Waals surface area contributed by atoms with Gasteiger partial charge in [-0.2, -0.15) is 0 Å². The quantitative estimate of drug-likeness (QED) is 0.593. The Labute approximate surface area is 201 Å². The number of carbonyl (C=O) groups is 3. The fraction of sp³-hybridized carbons (Fsp3) is 0.269. The van der Waals surface area contributed by atoms with Crippen LogP contribution in [0.25, 0.3) is 11.4 Å². The largest absolute Gasteiger partial charge is 0.326 e. The van der Waals surface area contributed by atoms with Crippen LogP contribution in [0.15, 0.2) is 59.4 Å². The lowest BCUT2D eigenvalue weighted by Gasteiger charge is -2.48. The van der Waals surface area contributed by atoms with E-state index in [1.807, 2.05) is 13.0 Å². The maximum absolute atomic E-state index is 13.3. The highest BCUT2D eigenvalue weighted by atomic mass is 16.2. The molecule has 3 heterocycles. The molecule has 9 heteroatoms. The number of hydrogen-bond acceptors (Lipinski definition) is 5. The highest BCUT2D eigenvalue weighted by Gasteiger charge is 2.52. The third kappa shape index (κ3) is 3.99. The summed E-state index contributed by atoms with van der Waals surface area (Å²) in [6.07, 6.45) is 0.957. The summed E-state index contributed by atoms with van der Waals surface area (Å²) in [6, 6.07) is 15.5. The number of carbonyl (C=O) groups excluding carboxylic acids is 3. The van der Waals surface area contributed by atoms with E-state index in [0.29, 0.717) is 41.3 Å².